The smallest absolute Gasteiger partial charge is 0.358 e. The van der Waals surface area contributed by atoms with Crippen LogP contribution in [0, 0.1) is 0 Å². The number of carboxylic acids is 1. The standard InChI is InChI=1S/C12H11N7O2/c1-18-9(14-7-15-18)6-19-11(8-4-2-3-5-13-8)10(12(20)21)16-17-19/h2-5,7H,6H2,1H3,(H,20,21). The van der Waals surface area contributed by atoms with Crippen LogP contribution in [-0.4, -0.2) is 45.8 Å². The molecule has 3 heterocycles. The highest BCUT2D eigenvalue weighted by molar-refractivity contribution is 5.92. The summed E-state index contributed by atoms with van der Waals surface area (Å²) in [6.07, 6.45) is 3.01. The van der Waals surface area contributed by atoms with E-state index < -0.39 is 5.97 Å². The van der Waals surface area contributed by atoms with Crippen LogP contribution in [-0.2, 0) is 13.6 Å². The zero-order valence-electron chi connectivity index (χ0n) is 11.1. The highest BCUT2D eigenvalue weighted by Crippen LogP contribution is 2.20. The number of hydrogen-bond acceptors (Lipinski definition) is 6. The number of carboxylic acid groups (broad SMARTS) is 1. The minimum Gasteiger partial charge on any atom is -0.476 e. The lowest BCUT2D eigenvalue weighted by molar-refractivity contribution is 0.0691. The lowest BCUT2D eigenvalue weighted by Gasteiger charge is -2.06. The van der Waals surface area contributed by atoms with E-state index in [9.17, 15) is 9.90 Å². The Hall–Kier alpha value is -3.10. The molecule has 3 rings (SSSR count). The Kier molecular flexibility index (Phi) is 3.14. The minimum atomic E-state index is -1.15. The normalized spacial score (nSPS) is 10.7. The summed E-state index contributed by atoms with van der Waals surface area (Å²) in [6.45, 7) is 0.253. The van der Waals surface area contributed by atoms with Crippen LogP contribution >= 0.6 is 0 Å². The molecule has 9 heteroatoms. The highest BCUT2D eigenvalue weighted by Gasteiger charge is 2.22. The average Bonchev–Trinajstić information content (AvgIpc) is 3.07. The van der Waals surface area contributed by atoms with Crippen molar-refractivity contribution in [2.75, 3.05) is 0 Å². The van der Waals surface area contributed by atoms with E-state index in [2.05, 4.69) is 25.4 Å². The number of carbonyl (C=O) groups is 1. The fourth-order valence-corrected chi connectivity index (χ4v) is 1.92. The molecule has 0 aliphatic rings. The molecule has 9 nitrogen and oxygen atoms in total. The molecule has 0 spiro atoms. The molecule has 21 heavy (non-hydrogen) atoms. The zero-order chi connectivity index (χ0) is 14.8. The average molecular weight is 285 g/mol. The van der Waals surface area contributed by atoms with Crippen molar-refractivity contribution < 1.29 is 9.90 Å². The number of nitrogens with zero attached hydrogens (tertiary/aromatic N) is 7. The largest absolute Gasteiger partial charge is 0.476 e. The van der Waals surface area contributed by atoms with Crippen LogP contribution < -0.4 is 0 Å². The maximum Gasteiger partial charge on any atom is 0.358 e. The number of aryl methyl sites for hydroxylation is 1. The van der Waals surface area contributed by atoms with Crippen molar-refractivity contribution in [2.45, 2.75) is 6.54 Å². The van der Waals surface area contributed by atoms with Crippen LogP contribution in [0.4, 0.5) is 0 Å². The third-order valence-electron chi connectivity index (χ3n) is 2.94. The molecule has 0 saturated heterocycles. The molecule has 0 unspecified atom stereocenters. The summed E-state index contributed by atoms with van der Waals surface area (Å²) in [5, 5.41) is 20.8. The molecular weight excluding hydrogens is 274 g/mol. The summed E-state index contributed by atoms with van der Waals surface area (Å²) in [6, 6.07) is 5.23. The lowest BCUT2D eigenvalue weighted by atomic mass is 10.2. The summed E-state index contributed by atoms with van der Waals surface area (Å²) in [5.41, 5.74) is 0.684. The molecule has 0 atom stereocenters. The molecule has 0 amide bonds. The van der Waals surface area contributed by atoms with Crippen molar-refractivity contribution in [3.63, 3.8) is 0 Å². The van der Waals surface area contributed by atoms with Gasteiger partial charge in [0.25, 0.3) is 0 Å². The maximum absolute atomic E-state index is 11.3. The Balaban J connectivity index is 2.09. The summed E-state index contributed by atoms with van der Waals surface area (Å²) < 4.78 is 3.04. The first kappa shape index (κ1) is 12.9. The van der Waals surface area contributed by atoms with Gasteiger partial charge in [0.2, 0.25) is 0 Å². The number of aromatic carboxylic acids is 1. The van der Waals surface area contributed by atoms with Crippen molar-refractivity contribution in [3.05, 3.63) is 42.2 Å². The van der Waals surface area contributed by atoms with Crippen molar-refractivity contribution in [3.8, 4) is 11.4 Å². The Morgan fingerprint density at radius 3 is 2.81 bits per heavy atom. The zero-order valence-corrected chi connectivity index (χ0v) is 11.1. The first-order valence-corrected chi connectivity index (χ1v) is 6.08. The summed E-state index contributed by atoms with van der Waals surface area (Å²) in [7, 11) is 1.75. The van der Waals surface area contributed by atoms with E-state index in [1.807, 2.05) is 0 Å². The fraction of sp³-hybridized carbons (Fsp3) is 0.167. The van der Waals surface area contributed by atoms with Gasteiger partial charge in [0, 0.05) is 13.2 Å². The van der Waals surface area contributed by atoms with Gasteiger partial charge in [0.05, 0.1) is 5.69 Å². The Bertz CT molecular complexity index is 778. The SMILES string of the molecule is Cn1ncnc1Cn1nnc(C(=O)O)c1-c1ccccn1. The highest BCUT2D eigenvalue weighted by atomic mass is 16.4. The summed E-state index contributed by atoms with van der Waals surface area (Å²) >= 11 is 0. The summed E-state index contributed by atoms with van der Waals surface area (Å²) in [5.74, 6) is -0.520. The van der Waals surface area contributed by atoms with Gasteiger partial charge in [-0.1, -0.05) is 11.3 Å². The van der Waals surface area contributed by atoms with Gasteiger partial charge in [-0.25, -0.2) is 14.5 Å². The Morgan fingerprint density at radius 1 is 1.33 bits per heavy atom. The maximum atomic E-state index is 11.3. The Morgan fingerprint density at radius 2 is 2.19 bits per heavy atom. The molecule has 3 aromatic rings. The topological polar surface area (TPSA) is 112 Å². The van der Waals surface area contributed by atoms with E-state index in [1.165, 1.54) is 11.0 Å². The molecular formula is C12H11N7O2. The number of aromatic nitrogens is 7. The van der Waals surface area contributed by atoms with Crippen molar-refractivity contribution in [1.29, 1.82) is 0 Å². The van der Waals surface area contributed by atoms with Crippen molar-refractivity contribution in [1.82, 2.24) is 34.7 Å². The molecule has 0 bridgehead atoms. The molecule has 0 aromatic carbocycles. The molecule has 3 aromatic heterocycles. The third-order valence-corrected chi connectivity index (χ3v) is 2.94. The number of pyridine rings is 1. The third kappa shape index (κ3) is 2.36. The molecule has 1 N–H and O–H groups in total. The van der Waals surface area contributed by atoms with Crippen molar-refractivity contribution in [2.24, 2.45) is 7.05 Å². The van der Waals surface area contributed by atoms with E-state index in [1.54, 1.807) is 36.1 Å². The molecule has 0 radical (unpaired) electrons. The second-order valence-electron chi connectivity index (χ2n) is 4.26. The molecule has 0 fully saturated rings. The van der Waals surface area contributed by atoms with Gasteiger partial charge in [-0.2, -0.15) is 5.10 Å². The number of hydrogen-bond donors (Lipinski definition) is 1. The lowest BCUT2D eigenvalue weighted by Crippen LogP contribution is -2.11. The molecule has 0 aliphatic heterocycles. The van der Waals surface area contributed by atoms with E-state index in [0.29, 0.717) is 17.2 Å². The van der Waals surface area contributed by atoms with Crippen LogP contribution in [0.25, 0.3) is 11.4 Å². The number of rotatable bonds is 4. The molecule has 0 aliphatic carbocycles. The predicted octanol–water partition coefficient (Wildman–Crippen LogP) is 0.215. The van der Waals surface area contributed by atoms with Crippen LogP contribution in [0.1, 0.15) is 16.3 Å². The second-order valence-corrected chi connectivity index (χ2v) is 4.26. The monoisotopic (exact) mass is 285 g/mol. The van der Waals surface area contributed by atoms with E-state index in [4.69, 9.17) is 0 Å². The van der Waals surface area contributed by atoms with E-state index in [0.717, 1.165) is 0 Å². The van der Waals surface area contributed by atoms with Crippen LogP contribution in [0.15, 0.2) is 30.7 Å². The first-order chi connectivity index (χ1) is 10.2. The van der Waals surface area contributed by atoms with Gasteiger partial charge in [-0.3, -0.25) is 9.67 Å². The van der Waals surface area contributed by atoms with Gasteiger partial charge in [-0.15, -0.1) is 5.10 Å². The molecule has 106 valence electrons. The second kappa shape index (κ2) is 5.12. The quantitative estimate of drug-likeness (QED) is 0.729. The van der Waals surface area contributed by atoms with Gasteiger partial charge < -0.3 is 5.11 Å². The van der Waals surface area contributed by atoms with Crippen LogP contribution in [0.5, 0.6) is 0 Å². The van der Waals surface area contributed by atoms with Crippen LogP contribution in [0.3, 0.4) is 0 Å². The van der Waals surface area contributed by atoms with Crippen molar-refractivity contribution >= 4 is 5.97 Å². The van der Waals surface area contributed by atoms with Gasteiger partial charge in [0.15, 0.2) is 5.69 Å². The fourth-order valence-electron chi connectivity index (χ4n) is 1.92. The van der Waals surface area contributed by atoms with E-state index >= 15 is 0 Å². The molecule has 0 saturated carbocycles. The first-order valence-electron chi connectivity index (χ1n) is 6.08. The predicted molar refractivity (Wildman–Crippen MR) is 70.3 cm³/mol. The van der Waals surface area contributed by atoms with Gasteiger partial charge >= 0.3 is 5.97 Å². The minimum absolute atomic E-state index is 0.143. The van der Waals surface area contributed by atoms with E-state index in [-0.39, 0.29) is 12.2 Å². The Labute approximate surface area is 118 Å². The van der Waals surface area contributed by atoms with Gasteiger partial charge in [0.1, 0.15) is 24.4 Å². The van der Waals surface area contributed by atoms with Crippen LogP contribution in [0.2, 0.25) is 0 Å². The van der Waals surface area contributed by atoms with Gasteiger partial charge in [-0.05, 0) is 12.1 Å². The summed E-state index contributed by atoms with van der Waals surface area (Å²) in [4.78, 5) is 19.6.